The minimum absolute atomic E-state index is 0.0496. The van der Waals surface area contributed by atoms with E-state index in [4.69, 9.17) is 9.47 Å². The van der Waals surface area contributed by atoms with Crippen LogP contribution in [0.1, 0.15) is 28.7 Å². The molecule has 0 aliphatic carbocycles. The van der Waals surface area contributed by atoms with Crippen molar-refractivity contribution in [1.29, 1.82) is 0 Å². The summed E-state index contributed by atoms with van der Waals surface area (Å²) in [5.41, 5.74) is 4.02. The summed E-state index contributed by atoms with van der Waals surface area (Å²) in [5, 5.41) is 0. The minimum atomic E-state index is -0.637. The molecule has 0 heterocycles. The van der Waals surface area contributed by atoms with Gasteiger partial charge in [-0.05, 0) is 74.2 Å². The number of rotatable bonds is 5. The van der Waals surface area contributed by atoms with Crippen LogP contribution < -0.4 is 9.47 Å². The molecule has 25 heavy (non-hydrogen) atoms. The van der Waals surface area contributed by atoms with Crippen molar-refractivity contribution in [3.8, 4) is 11.5 Å². The molecule has 130 valence electrons. The molecule has 0 atom stereocenters. The van der Waals surface area contributed by atoms with Crippen LogP contribution in [0.3, 0.4) is 0 Å². The van der Waals surface area contributed by atoms with Crippen LogP contribution in [-0.4, -0.2) is 11.9 Å². The largest absolute Gasteiger partial charge is 0.426 e. The molecular formula is C21H22O4. The molecule has 2 aromatic carbocycles. The van der Waals surface area contributed by atoms with Gasteiger partial charge < -0.3 is 9.47 Å². The lowest BCUT2D eigenvalue weighted by Gasteiger charge is -2.09. The zero-order valence-corrected chi connectivity index (χ0v) is 15.0. The molecule has 0 saturated carbocycles. The van der Waals surface area contributed by atoms with Gasteiger partial charge in [-0.3, -0.25) is 4.79 Å². The van der Waals surface area contributed by atoms with Gasteiger partial charge in [-0.1, -0.05) is 18.7 Å². The molecule has 0 fully saturated rings. The summed E-state index contributed by atoms with van der Waals surface area (Å²) in [6.45, 7) is 11.3. The molecule has 4 heteroatoms. The van der Waals surface area contributed by atoms with Crippen LogP contribution in [0.2, 0.25) is 0 Å². The van der Waals surface area contributed by atoms with Crippen molar-refractivity contribution >= 4 is 11.9 Å². The summed E-state index contributed by atoms with van der Waals surface area (Å²) in [4.78, 5) is 24.1. The molecule has 2 rings (SSSR count). The third-order valence-electron chi connectivity index (χ3n) is 3.48. The number of hydrogen-bond donors (Lipinski definition) is 0. The number of esters is 2. The summed E-state index contributed by atoms with van der Waals surface area (Å²) in [7, 11) is 0. The number of hydrogen-bond acceptors (Lipinski definition) is 4. The molecule has 0 amide bonds. The average molecular weight is 338 g/mol. The van der Waals surface area contributed by atoms with Gasteiger partial charge >= 0.3 is 11.9 Å². The zero-order chi connectivity index (χ0) is 18.6. The summed E-state index contributed by atoms with van der Waals surface area (Å²) < 4.78 is 10.6. The summed E-state index contributed by atoms with van der Waals surface area (Å²) in [5.74, 6) is -0.293. The van der Waals surface area contributed by atoms with Crippen molar-refractivity contribution < 1.29 is 19.1 Å². The van der Waals surface area contributed by atoms with Crippen LogP contribution in [0, 0.1) is 27.7 Å². The molecule has 0 N–H and O–H groups in total. The maximum Gasteiger partial charge on any atom is 0.339 e. The number of carbonyl (C=O) groups is 2. The zero-order valence-electron chi connectivity index (χ0n) is 15.0. The lowest BCUT2D eigenvalue weighted by atomic mass is 10.1. The van der Waals surface area contributed by atoms with E-state index < -0.39 is 11.9 Å². The van der Waals surface area contributed by atoms with Gasteiger partial charge in [-0.15, -0.1) is 0 Å². The molecule has 0 bridgehead atoms. The number of carbonyl (C=O) groups excluding carboxylic acids is 2. The monoisotopic (exact) mass is 338 g/mol. The van der Waals surface area contributed by atoms with Gasteiger partial charge in [0.05, 0.1) is 6.42 Å². The highest BCUT2D eigenvalue weighted by atomic mass is 16.5. The van der Waals surface area contributed by atoms with E-state index >= 15 is 0 Å². The number of ether oxygens (including phenoxy) is 2. The Bertz CT molecular complexity index is 793. The van der Waals surface area contributed by atoms with E-state index in [1.165, 1.54) is 0 Å². The van der Waals surface area contributed by atoms with Gasteiger partial charge in [-0.25, -0.2) is 4.79 Å². The van der Waals surface area contributed by atoms with E-state index in [0.29, 0.717) is 11.5 Å². The van der Waals surface area contributed by atoms with Gasteiger partial charge in [0.2, 0.25) is 0 Å². The van der Waals surface area contributed by atoms with Gasteiger partial charge in [-0.2, -0.15) is 0 Å². The molecule has 0 radical (unpaired) electrons. The molecule has 0 unspecified atom stereocenters. The second-order valence-corrected chi connectivity index (χ2v) is 6.29. The topological polar surface area (TPSA) is 52.6 Å². The summed E-state index contributed by atoms with van der Waals surface area (Å²) in [6, 6.07) is 11.0. The number of benzene rings is 2. The standard InChI is InChI=1S/C21H22O4/c1-13-6-14(2)9-18(8-13)24-20(22)12-17(5)21(23)25-19-10-15(3)7-16(4)11-19/h6-11H,5,12H2,1-4H3. The quantitative estimate of drug-likeness (QED) is 0.461. The predicted molar refractivity (Wildman–Crippen MR) is 96.9 cm³/mol. The van der Waals surface area contributed by atoms with Gasteiger partial charge in [0, 0.05) is 5.57 Å². The third-order valence-corrected chi connectivity index (χ3v) is 3.48. The van der Waals surface area contributed by atoms with Crippen molar-refractivity contribution in [2.75, 3.05) is 0 Å². The fraction of sp³-hybridized carbons (Fsp3) is 0.238. The minimum Gasteiger partial charge on any atom is -0.426 e. The van der Waals surface area contributed by atoms with Crippen LogP contribution in [0.25, 0.3) is 0 Å². The SMILES string of the molecule is C=C(CC(=O)Oc1cc(C)cc(C)c1)C(=O)Oc1cc(C)cc(C)c1. The van der Waals surface area contributed by atoms with Crippen LogP contribution in [0.4, 0.5) is 0 Å². The summed E-state index contributed by atoms with van der Waals surface area (Å²) >= 11 is 0. The fourth-order valence-electron chi connectivity index (χ4n) is 2.58. The Labute approximate surface area is 148 Å². The molecule has 0 spiro atoms. The van der Waals surface area contributed by atoms with Gasteiger partial charge in [0.1, 0.15) is 11.5 Å². The maximum atomic E-state index is 12.1. The van der Waals surface area contributed by atoms with E-state index in [-0.39, 0.29) is 12.0 Å². The normalized spacial score (nSPS) is 10.2. The van der Waals surface area contributed by atoms with E-state index in [0.717, 1.165) is 22.3 Å². The molecule has 4 nitrogen and oxygen atoms in total. The maximum absolute atomic E-state index is 12.1. The molecular weight excluding hydrogens is 316 g/mol. The van der Waals surface area contributed by atoms with Crippen LogP contribution in [-0.2, 0) is 9.59 Å². The molecule has 0 saturated heterocycles. The Balaban J connectivity index is 1.95. The van der Waals surface area contributed by atoms with Crippen molar-refractivity contribution in [2.45, 2.75) is 34.1 Å². The third kappa shape index (κ3) is 5.60. The van der Waals surface area contributed by atoms with E-state index in [1.54, 1.807) is 24.3 Å². The van der Waals surface area contributed by atoms with Gasteiger partial charge in [0.15, 0.2) is 0 Å². The van der Waals surface area contributed by atoms with Crippen molar-refractivity contribution in [3.05, 3.63) is 70.8 Å². The predicted octanol–water partition coefficient (Wildman–Crippen LogP) is 4.38. The molecule has 0 aliphatic rings. The average Bonchev–Trinajstić information content (AvgIpc) is 2.44. The fourth-order valence-corrected chi connectivity index (χ4v) is 2.58. The Hall–Kier alpha value is -2.88. The Morgan fingerprint density at radius 3 is 1.60 bits per heavy atom. The smallest absolute Gasteiger partial charge is 0.339 e. The Morgan fingerprint density at radius 2 is 1.16 bits per heavy atom. The van der Waals surface area contributed by atoms with Crippen molar-refractivity contribution in [3.63, 3.8) is 0 Å². The van der Waals surface area contributed by atoms with Crippen LogP contribution in [0.5, 0.6) is 11.5 Å². The number of aryl methyl sites for hydroxylation is 4. The lowest BCUT2D eigenvalue weighted by molar-refractivity contribution is -0.136. The molecule has 0 aliphatic heterocycles. The van der Waals surface area contributed by atoms with Crippen molar-refractivity contribution in [2.24, 2.45) is 0 Å². The Kier molecular flexibility index (Phi) is 5.75. The first-order valence-electron chi connectivity index (χ1n) is 8.00. The highest BCUT2D eigenvalue weighted by molar-refractivity contribution is 5.94. The molecule has 0 aromatic heterocycles. The highest BCUT2D eigenvalue weighted by Gasteiger charge is 2.16. The molecule has 2 aromatic rings. The lowest BCUT2D eigenvalue weighted by Crippen LogP contribution is -2.16. The van der Waals surface area contributed by atoms with E-state index in [1.807, 2.05) is 39.8 Å². The second-order valence-electron chi connectivity index (χ2n) is 6.29. The summed E-state index contributed by atoms with van der Waals surface area (Å²) in [6.07, 6.45) is -0.226. The first kappa shape index (κ1) is 18.5. The van der Waals surface area contributed by atoms with Gasteiger partial charge in [0.25, 0.3) is 0 Å². The van der Waals surface area contributed by atoms with E-state index in [2.05, 4.69) is 6.58 Å². The van der Waals surface area contributed by atoms with Crippen molar-refractivity contribution in [1.82, 2.24) is 0 Å². The highest BCUT2D eigenvalue weighted by Crippen LogP contribution is 2.19. The van der Waals surface area contributed by atoms with Crippen LogP contribution in [0.15, 0.2) is 48.6 Å². The Morgan fingerprint density at radius 1 is 0.760 bits per heavy atom. The second kappa shape index (κ2) is 7.79. The first-order valence-corrected chi connectivity index (χ1v) is 8.00. The van der Waals surface area contributed by atoms with E-state index in [9.17, 15) is 9.59 Å². The van der Waals surface area contributed by atoms with Crippen LogP contribution >= 0.6 is 0 Å². The first-order chi connectivity index (χ1) is 11.7.